The van der Waals surface area contributed by atoms with Crippen molar-refractivity contribution in [1.82, 2.24) is 0 Å². The van der Waals surface area contributed by atoms with E-state index in [2.05, 4.69) is 40.4 Å². The standard InChI is InChI=1S/C9H20OSi/c1-7-8-11(5,6)10-9(2,3)4/h7H,1,8H2,2-6H3. The molecule has 0 amide bonds. The van der Waals surface area contributed by atoms with Crippen LogP contribution in [0, 0.1) is 0 Å². The molecular weight excluding hydrogens is 152 g/mol. The molecule has 66 valence electrons. The molecule has 0 atom stereocenters. The van der Waals surface area contributed by atoms with E-state index in [0.717, 1.165) is 6.04 Å². The fourth-order valence-corrected chi connectivity index (χ4v) is 3.65. The summed E-state index contributed by atoms with van der Waals surface area (Å²) in [7, 11) is -1.46. The van der Waals surface area contributed by atoms with Crippen LogP contribution in [-0.4, -0.2) is 13.9 Å². The highest BCUT2D eigenvalue weighted by atomic mass is 28.4. The van der Waals surface area contributed by atoms with E-state index in [0.29, 0.717) is 0 Å². The minimum Gasteiger partial charge on any atom is -0.412 e. The molecule has 0 saturated heterocycles. The first-order chi connectivity index (χ1) is 4.77. The van der Waals surface area contributed by atoms with E-state index in [1.165, 1.54) is 0 Å². The third kappa shape index (κ3) is 6.32. The summed E-state index contributed by atoms with van der Waals surface area (Å²) < 4.78 is 5.93. The Bertz CT molecular complexity index is 133. The Morgan fingerprint density at radius 2 is 1.82 bits per heavy atom. The van der Waals surface area contributed by atoms with Crippen molar-refractivity contribution in [2.45, 2.75) is 45.5 Å². The summed E-state index contributed by atoms with van der Waals surface area (Å²) >= 11 is 0. The Morgan fingerprint density at radius 1 is 1.36 bits per heavy atom. The number of hydrogen-bond donors (Lipinski definition) is 0. The molecule has 0 N–H and O–H groups in total. The van der Waals surface area contributed by atoms with Crippen LogP contribution in [-0.2, 0) is 4.43 Å². The van der Waals surface area contributed by atoms with E-state index >= 15 is 0 Å². The van der Waals surface area contributed by atoms with Gasteiger partial charge in [0.05, 0.1) is 0 Å². The van der Waals surface area contributed by atoms with Gasteiger partial charge in [-0.15, -0.1) is 6.58 Å². The average molecular weight is 172 g/mol. The smallest absolute Gasteiger partial charge is 0.191 e. The van der Waals surface area contributed by atoms with Crippen molar-refractivity contribution >= 4 is 8.32 Å². The van der Waals surface area contributed by atoms with Crippen molar-refractivity contribution < 1.29 is 4.43 Å². The lowest BCUT2D eigenvalue weighted by Crippen LogP contribution is -2.38. The maximum Gasteiger partial charge on any atom is 0.191 e. The van der Waals surface area contributed by atoms with Crippen LogP contribution < -0.4 is 0 Å². The quantitative estimate of drug-likeness (QED) is 0.469. The highest BCUT2D eigenvalue weighted by Gasteiger charge is 2.26. The molecule has 0 saturated carbocycles. The lowest BCUT2D eigenvalue weighted by molar-refractivity contribution is 0.121. The number of hydrogen-bond acceptors (Lipinski definition) is 1. The molecule has 0 heterocycles. The largest absolute Gasteiger partial charge is 0.412 e. The summed E-state index contributed by atoms with van der Waals surface area (Å²) in [5, 5.41) is 0. The highest BCUT2D eigenvalue weighted by Crippen LogP contribution is 2.19. The van der Waals surface area contributed by atoms with Gasteiger partial charge in [0, 0.05) is 5.60 Å². The van der Waals surface area contributed by atoms with Crippen molar-refractivity contribution in [3.63, 3.8) is 0 Å². The van der Waals surface area contributed by atoms with Gasteiger partial charge in [0.1, 0.15) is 0 Å². The van der Waals surface area contributed by atoms with Gasteiger partial charge in [-0.3, -0.25) is 0 Å². The first-order valence-corrected chi connectivity index (χ1v) is 7.19. The molecule has 0 aromatic rings. The lowest BCUT2D eigenvalue weighted by atomic mass is 10.2. The maximum absolute atomic E-state index is 5.93. The molecule has 0 spiro atoms. The van der Waals surface area contributed by atoms with Crippen LogP contribution in [0.15, 0.2) is 12.7 Å². The predicted octanol–water partition coefficient (Wildman–Crippen LogP) is 3.19. The molecule has 0 aromatic heterocycles. The van der Waals surface area contributed by atoms with Gasteiger partial charge >= 0.3 is 0 Å². The predicted molar refractivity (Wildman–Crippen MR) is 53.3 cm³/mol. The first kappa shape index (κ1) is 10.9. The van der Waals surface area contributed by atoms with Gasteiger partial charge in [-0.25, -0.2) is 0 Å². The molecule has 0 radical (unpaired) electrons. The summed E-state index contributed by atoms with van der Waals surface area (Å²) in [4.78, 5) is 0. The Balaban J connectivity index is 4.00. The molecule has 0 fully saturated rings. The molecule has 0 rings (SSSR count). The fourth-order valence-electron chi connectivity index (χ4n) is 1.22. The van der Waals surface area contributed by atoms with Gasteiger partial charge in [0.2, 0.25) is 0 Å². The molecule has 11 heavy (non-hydrogen) atoms. The van der Waals surface area contributed by atoms with Gasteiger partial charge in [-0.05, 0) is 39.9 Å². The van der Waals surface area contributed by atoms with Crippen LogP contribution >= 0.6 is 0 Å². The summed E-state index contributed by atoms with van der Waals surface area (Å²) in [6.45, 7) is 14.5. The normalized spacial score (nSPS) is 13.2. The Kier molecular flexibility index (Phi) is 3.52. The van der Waals surface area contributed by atoms with E-state index in [1.54, 1.807) is 0 Å². The molecule has 0 aromatic carbocycles. The fraction of sp³-hybridized carbons (Fsp3) is 0.778. The van der Waals surface area contributed by atoms with Crippen molar-refractivity contribution in [1.29, 1.82) is 0 Å². The topological polar surface area (TPSA) is 9.23 Å². The average Bonchev–Trinajstić information content (AvgIpc) is 1.55. The van der Waals surface area contributed by atoms with E-state index in [1.807, 2.05) is 6.08 Å². The molecule has 2 heteroatoms. The molecular formula is C9H20OSi. The summed E-state index contributed by atoms with van der Waals surface area (Å²) in [6, 6.07) is 1.03. The monoisotopic (exact) mass is 172 g/mol. The van der Waals surface area contributed by atoms with E-state index in [9.17, 15) is 0 Å². The van der Waals surface area contributed by atoms with E-state index in [4.69, 9.17) is 4.43 Å². The zero-order valence-corrected chi connectivity index (χ0v) is 9.40. The van der Waals surface area contributed by atoms with Gasteiger partial charge in [-0.1, -0.05) is 6.08 Å². The second-order valence-electron chi connectivity index (χ2n) is 4.47. The number of rotatable bonds is 3. The highest BCUT2D eigenvalue weighted by molar-refractivity contribution is 6.71. The minimum atomic E-state index is -1.46. The Hall–Kier alpha value is -0.0831. The van der Waals surface area contributed by atoms with E-state index in [-0.39, 0.29) is 5.60 Å². The zero-order valence-electron chi connectivity index (χ0n) is 8.40. The summed E-state index contributed by atoms with van der Waals surface area (Å²) in [5.74, 6) is 0. The summed E-state index contributed by atoms with van der Waals surface area (Å²) in [5.41, 5.74) is -0.00126. The molecule has 0 unspecified atom stereocenters. The van der Waals surface area contributed by atoms with Crippen LogP contribution in [0.3, 0.4) is 0 Å². The Labute approximate surface area is 71.6 Å². The third-order valence-electron chi connectivity index (χ3n) is 1.22. The molecule has 0 aliphatic carbocycles. The van der Waals surface area contributed by atoms with Crippen LogP contribution in [0.2, 0.25) is 19.1 Å². The summed E-state index contributed by atoms with van der Waals surface area (Å²) in [6.07, 6.45) is 1.96. The first-order valence-electron chi connectivity index (χ1n) is 4.08. The molecule has 0 aliphatic heterocycles. The van der Waals surface area contributed by atoms with Crippen LogP contribution in [0.1, 0.15) is 20.8 Å². The molecule has 0 aliphatic rings. The molecule has 1 nitrogen and oxygen atoms in total. The Morgan fingerprint density at radius 3 is 2.09 bits per heavy atom. The van der Waals surface area contributed by atoms with Gasteiger partial charge in [0.15, 0.2) is 8.32 Å². The maximum atomic E-state index is 5.93. The SMILES string of the molecule is C=CC[Si](C)(C)OC(C)(C)C. The van der Waals surface area contributed by atoms with Crippen molar-refractivity contribution in [2.75, 3.05) is 0 Å². The van der Waals surface area contributed by atoms with Gasteiger partial charge in [0.25, 0.3) is 0 Å². The second kappa shape index (κ2) is 3.54. The molecule has 0 bridgehead atoms. The lowest BCUT2D eigenvalue weighted by Gasteiger charge is -2.31. The number of allylic oxidation sites excluding steroid dienone is 1. The third-order valence-corrected chi connectivity index (χ3v) is 3.66. The zero-order chi connectivity index (χ0) is 9.12. The van der Waals surface area contributed by atoms with Crippen molar-refractivity contribution in [3.8, 4) is 0 Å². The van der Waals surface area contributed by atoms with Crippen LogP contribution in [0.25, 0.3) is 0 Å². The van der Waals surface area contributed by atoms with Gasteiger partial charge in [-0.2, -0.15) is 0 Å². The second-order valence-corrected chi connectivity index (χ2v) is 8.60. The van der Waals surface area contributed by atoms with Gasteiger partial charge < -0.3 is 4.43 Å². The minimum absolute atomic E-state index is 0.00126. The van der Waals surface area contributed by atoms with Crippen molar-refractivity contribution in [2.24, 2.45) is 0 Å². The van der Waals surface area contributed by atoms with Crippen molar-refractivity contribution in [3.05, 3.63) is 12.7 Å². The van der Waals surface area contributed by atoms with Crippen LogP contribution in [0.5, 0.6) is 0 Å². The van der Waals surface area contributed by atoms with E-state index < -0.39 is 8.32 Å². The van der Waals surface area contributed by atoms with Crippen LogP contribution in [0.4, 0.5) is 0 Å².